The summed E-state index contributed by atoms with van der Waals surface area (Å²) in [5.41, 5.74) is 8.88. The topological polar surface area (TPSA) is 48.5 Å². The van der Waals surface area contributed by atoms with E-state index >= 15 is 0 Å². The molecule has 206 valence electrons. The van der Waals surface area contributed by atoms with Crippen molar-refractivity contribution < 1.29 is 0 Å². The average molecular weight is 564 g/mol. The number of benzene rings is 4. The van der Waals surface area contributed by atoms with E-state index in [1.54, 1.807) is 0 Å². The number of nitrogens with zero attached hydrogens (tertiary/aromatic N) is 5. The van der Waals surface area contributed by atoms with Crippen LogP contribution in [-0.2, 0) is 0 Å². The molecule has 44 heavy (non-hydrogen) atoms. The third-order valence-electron chi connectivity index (χ3n) is 8.40. The van der Waals surface area contributed by atoms with Crippen molar-refractivity contribution in [3.05, 3.63) is 152 Å². The SMILES string of the molecule is c1ccc(-n2ccc3cc4cc5c6ccccc6n(-c6cc(-c7ccccn7)nc(-c7ccccn7)c6)c5cc4cc32)cc1. The standard InChI is InChI=1S/C39H25N5/c1-2-10-29(11-3-1)43-19-16-26-20-27-21-32-31-12-4-5-15-37(31)44(39(32)23-28(27)22-38(26)43)30-24-35(33-13-6-8-17-40-33)42-36(25-30)34-14-7-9-18-41-34/h1-25H. The second kappa shape index (κ2) is 9.75. The zero-order valence-electron chi connectivity index (χ0n) is 23.7. The lowest BCUT2D eigenvalue weighted by Crippen LogP contribution is -1.99. The van der Waals surface area contributed by atoms with Crippen molar-refractivity contribution in [1.29, 1.82) is 0 Å². The van der Waals surface area contributed by atoms with Crippen molar-refractivity contribution in [3.63, 3.8) is 0 Å². The Morgan fingerprint density at radius 1 is 0.409 bits per heavy atom. The summed E-state index contributed by atoms with van der Waals surface area (Å²) in [6.07, 6.45) is 5.77. The van der Waals surface area contributed by atoms with Crippen molar-refractivity contribution in [2.75, 3.05) is 0 Å². The molecule has 0 amide bonds. The van der Waals surface area contributed by atoms with Gasteiger partial charge in [-0.25, -0.2) is 4.98 Å². The first kappa shape index (κ1) is 24.5. The quantitative estimate of drug-likeness (QED) is 0.214. The van der Waals surface area contributed by atoms with Crippen LogP contribution in [0, 0.1) is 0 Å². The van der Waals surface area contributed by atoms with E-state index in [1.165, 1.54) is 32.4 Å². The third kappa shape index (κ3) is 3.91. The normalized spacial score (nSPS) is 11.6. The van der Waals surface area contributed by atoms with Crippen molar-refractivity contribution in [2.45, 2.75) is 0 Å². The van der Waals surface area contributed by atoms with Crippen LogP contribution in [0.3, 0.4) is 0 Å². The van der Waals surface area contributed by atoms with Crippen LogP contribution < -0.4 is 0 Å². The van der Waals surface area contributed by atoms with Gasteiger partial charge in [-0.1, -0.05) is 48.5 Å². The fraction of sp³-hybridized carbons (Fsp3) is 0. The minimum atomic E-state index is 0.804. The molecule has 9 aromatic rings. The molecule has 0 bridgehead atoms. The molecule has 0 aliphatic carbocycles. The zero-order chi connectivity index (χ0) is 29.0. The molecule has 0 atom stereocenters. The van der Waals surface area contributed by atoms with Crippen molar-refractivity contribution >= 4 is 43.5 Å². The molecule has 5 nitrogen and oxygen atoms in total. The van der Waals surface area contributed by atoms with Crippen LogP contribution in [-0.4, -0.2) is 24.1 Å². The maximum Gasteiger partial charge on any atom is 0.0915 e. The van der Waals surface area contributed by atoms with Crippen molar-refractivity contribution in [1.82, 2.24) is 24.1 Å². The Labute approximate surface area is 253 Å². The predicted octanol–water partition coefficient (Wildman–Crippen LogP) is 9.40. The fourth-order valence-corrected chi connectivity index (χ4v) is 6.38. The van der Waals surface area contributed by atoms with E-state index in [0.29, 0.717) is 0 Å². The van der Waals surface area contributed by atoms with E-state index in [1.807, 2.05) is 48.8 Å². The number of rotatable bonds is 4. The van der Waals surface area contributed by atoms with Gasteiger partial charge in [0, 0.05) is 40.4 Å². The van der Waals surface area contributed by atoms with Gasteiger partial charge in [0.15, 0.2) is 0 Å². The lowest BCUT2D eigenvalue weighted by atomic mass is 10.0. The first-order valence-corrected chi connectivity index (χ1v) is 14.7. The smallest absolute Gasteiger partial charge is 0.0915 e. The molecule has 0 radical (unpaired) electrons. The lowest BCUT2D eigenvalue weighted by molar-refractivity contribution is 1.13. The van der Waals surface area contributed by atoms with Gasteiger partial charge in [0.2, 0.25) is 0 Å². The number of para-hydroxylation sites is 2. The average Bonchev–Trinajstić information content (AvgIpc) is 3.65. The minimum Gasteiger partial charge on any atom is -0.317 e. The van der Waals surface area contributed by atoms with Crippen LogP contribution in [0.1, 0.15) is 0 Å². The third-order valence-corrected chi connectivity index (χ3v) is 8.40. The van der Waals surface area contributed by atoms with Crippen LogP contribution >= 0.6 is 0 Å². The van der Waals surface area contributed by atoms with Gasteiger partial charge in [0.1, 0.15) is 0 Å². The molecule has 0 N–H and O–H groups in total. The molecule has 5 aromatic heterocycles. The van der Waals surface area contributed by atoms with Crippen molar-refractivity contribution in [2.24, 2.45) is 0 Å². The molecule has 0 spiro atoms. The largest absolute Gasteiger partial charge is 0.317 e. The van der Waals surface area contributed by atoms with Crippen LogP contribution in [0.25, 0.3) is 77.6 Å². The summed E-state index contributed by atoms with van der Waals surface area (Å²) in [5, 5.41) is 6.05. The Hall–Kier alpha value is -6.07. The predicted molar refractivity (Wildman–Crippen MR) is 179 cm³/mol. The molecular formula is C39H25N5. The summed E-state index contributed by atoms with van der Waals surface area (Å²) in [5.74, 6) is 0. The summed E-state index contributed by atoms with van der Waals surface area (Å²) in [7, 11) is 0. The second-order valence-electron chi connectivity index (χ2n) is 11.0. The maximum absolute atomic E-state index is 5.02. The number of pyridine rings is 3. The molecule has 5 heterocycles. The maximum atomic E-state index is 5.02. The number of fused-ring (bicyclic) bond motifs is 5. The molecule has 0 saturated carbocycles. The molecule has 5 heteroatoms. The summed E-state index contributed by atoms with van der Waals surface area (Å²) in [6.45, 7) is 0. The molecular weight excluding hydrogens is 538 g/mol. The van der Waals surface area contributed by atoms with E-state index in [-0.39, 0.29) is 0 Å². The van der Waals surface area contributed by atoms with Gasteiger partial charge in [0.25, 0.3) is 0 Å². The van der Waals surface area contributed by atoms with Gasteiger partial charge in [-0.15, -0.1) is 0 Å². The number of hydrogen-bond donors (Lipinski definition) is 0. The molecule has 9 rings (SSSR count). The summed E-state index contributed by atoms with van der Waals surface area (Å²) in [6, 6.07) is 46.7. The lowest BCUT2D eigenvalue weighted by Gasteiger charge is -2.13. The molecule has 0 saturated heterocycles. The molecule has 4 aromatic carbocycles. The van der Waals surface area contributed by atoms with Gasteiger partial charge in [-0.05, 0) is 95.7 Å². The number of aromatic nitrogens is 5. The van der Waals surface area contributed by atoms with Crippen LogP contribution in [0.5, 0.6) is 0 Å². The Kier molecular flexibility index (Phi) is 5.43. The molecule has 0 unspecified atom stereocenters. The second-order valence-corrected chi connectivity index (χ2v) is 11.0. The first-order chi connectivity index (χ1) is 21.8. The van der Waals surface area contributed by atoms with E-state index < -0.39 is 0 Å². The highest BCUT2D eigenvalue weighted by Gasteiger charge is 2.17. The Morgan fingerprint density at radius 3 is 1.80 bits per heavy atom. The summed E-state index contributed by atoms with van der Waals surface area (Å²) < 4.78 is 4.61. The zero-order valence-corrected chi connectivity index (χ0v) is 23.7. The molecule has 0 aliphatic heterocycles. The van der Waals surface area contributed by atoms with Gasteiger partial charge >= 0.3 is 0 Å². The van der Waals surface area contributed by atoms with E-state index in [0.717, 1.165) is 45.2 Å². The van der Waals surface area contributed by atoms with Crippen LogP contribution in [0.2, 0.25) is 0 Å². The van der Waals surface area contributed by atoms with Gasteiger partial charge in [-0.3, -0.25) is 9.97 Å². The Morgan fingerprint density at radius 2 is 1.07 bits per heavy atom. The highest BCUT2D eigenvalue weighted by molar-refractivity contribution is 6.15. The van der Waals surface area contributed by atoms with Gasteiger partial charge < -0.3 is 9.13 Å². The summed E-state index contributed by atoms with van der Waals surface area (Å²) >= 11 is 0. The minimum absolute atomic E-state index is 0.804. The Balaban J connectivity index is 1.34. The molecule has 0 aliphatic rings. The van der Waals surface area contributed by atoms with E-state index in [9.17, 15) is 0 Å². The van der Waals surface area contributed by atoms with E-state index in [4.69, 9.17) is 4.98 Å². The van der Waals surface area contributed by atoms with Crippen LogP contribution in [0.15, 0.2) is 152 Å². The highest BCUT2D eigenvalue weighted by atomic mass is 15.0. The monoisotopic (exact) mass is 563 g/mol. The summed E-state index contributed by atoms with van der Waals surface area (Å²) in [4.78, 5) is 14.3. The molecule has 0 fully saturated rings. The van der Waals surface area contributed by atoms with Gasteiger partial charge in [-0.2, -0.15) is 0 Å². The van der Waals surface area contributed by atoms with Crippen molar-refractivity contribution in [3.8, 4) is 34.2 Å². The Bertz CT molecular complexity index is 2420. The number of hydrogen-bond acceptors (Lipinski definition) is 3. The van der Waals surface area contributed by atoms with E-state index in [2.05, 4.69) is 122 Å². The highest BCUT2D eigenvalue weighted by Crippen LogP contribution is 2.37. The van der Waals surface area contributed by atoms with Crippen LogP contribution in [0.4, 0.5) is 0 Å². The first-order valence-electron chi connectivity index (χ1n) is 14.7. The van der Waals surface area contributed by atoms with Gasteiger partial charge in [0.05, 0.1) is 45.0 Å². The fourth-order valence-electron chi connectivity index (χ4n) is 6.38.